The second-order valence-corrected chi connectivity index (χ2v) is 9.72. The van der Waals surface area contributed by atoms with Crippen LogP contribution in [0.5, 0.6) is 5.75 Å². The van der Waals surface area contributed by atoms with Gasteiger partial charge in [0.1, 0.15) is 5.75 Å². The highest BCUT2D eigenvalue weighted by molar-refractivity contribution is 6.31. The molecule has 0 amide bonds. The van der Waals surface area contributed by atoms with Gasteiger partial charge in [-0.05, 0) is 68.1 Å². The van der Waals surface area contributed by atoms with Gasteiger partial charge in [0.25, 0.3) is 0 Å². The van der Waals surface area contributed by atoms with Gasteiger partial charge in [0.2, 0.25) is 0 Å². The number of alkyl halides is 3. The van der Waals surface area contributed by atoms with E-state index in [9.17, 15) is 13.2 Å². The van der Waals surface area contributed by atoms with Gasteiger partial charge in [-0.25, -0.2) is 0 Å². The largest absolute Gasteiger partial charge is 0.493 e. The molecule has 7 heteroatoms. The van der Waals surface area contributed by atoms with Gasteiger partial charge < -0.3 is 14.4 Å². The fourth-order valence-corrected chi connectivity index (χ4v) is 5.63. The Morgan fingerprint density at radius 1 is 1.09 bits per heavy atom. The summed E-state index contributed by atoms with van der Waals surface area (Å²) in [5.41, 5.74) is 0.480. The number of rotatable bonds is 8. The van der Waals surface area contributed by atoms with Gasteiger partial charge in [0.15, 0.2) is 0 Å². The molecule has 2 aromatic carbocycles. The van der Waals surface area contributed by atoms with Crippen molar-refractivity contribution in [2.24, 2.45) is 5.92 Å². The third-order valence-corrected chi connectivity index (χ3v) is 7.58. The lowest BCUT2D eigenvalue weighted by Gasteiger charge is -2.49. The lowest BCUT2D eigenvalue weighted by atomic mass is 9.61. The Bertz CT molecular complexity index is 914. The lowest BCUT2D eigenvalue weighted by Crippen LogP contribution is -2.53. The van der Waals surface area contributed by atoms with Crippen LogP contribution in [0.15, 0.2) is 48.5 Å². The van der Waals surface area contributed by atoms with E-state index >= 15 is 0 Å². The van der Waals surface area contributed by atoms with Crippen molar-refractivity contribution in [3.8, 4) is 5.75 Å². The van der Waals surface area contributed by atoms with E-state index in [4.69, 9.17) is 21.1 Å². The molecule has 2 atom stereocenters. The first-order valence-electron chi connectivity index (χ1n) is 11.6. The quantitative estimate of drug-likeness (QED) is 0.424. The number of piperidine rings is 1. The minimum Gasteiger partial charge on any atom is -0.493 e. The Morgan fingerprint density at radius 3 is 2.42 bits per heavy atom. The van der Waals surface area contributed by atoms with Crippen LogP contribution in [0.4, 0.5) is 13.2 Å². The number of likely N-dealkylation sites (tertiary alicyclic amines) is 1. The van der Waals surface area contributed by atoms with Crippen molar-refractivity contribution < 1.29 is 22.6 Å². The Balaban J connectivity index is 1.35. The van der Waals surface area contributed by atoms with Gasteiger partial charge in [-0.1, -0.05) is 36.2 Å². The van der Waals surface area contributed by atoms with Gasteiger partial charge in [-0.2, -0.15) is 13.2 Å². The molecular weight excluding hydrogens is 451 g/mol. The summed E-state index contributed by atoms with van der Waals surface area (Å²) in [5, 5.41) is 0.806. The summed E-state index contributed by atoms with van der Waals surface area (Å²) >= 11 is 6.57. The van der Waals surface area contributed by atoms with E-state index in [1.165, 1.54) is 24.1 Å². The van der Waals surface area contributed by atoms with E-state index < -0.39 is 11.7 Å². The number of ether oxygens (including phenoxy) is 2. The number of halogens is 4. The van der Waals surface area contributed by atoms with Crippen LogP contribution < -0.4 is 4.74 Å². The molecule has 1 saturated heterocycles. The number of hydrogen-bond acceptors (Lipinski definition) is 3. The first-order valence-corrected chi connectivity index (χ1v) is 12.0. The number of benzene rings is 2. The number of hydrogen-bond donors (Lipinski definition) is 0. The number of nitrogens with zero attached hydrogens (tertiary/aromatic N) is 1. The number of methoxy groups -OCH3 is 1. The highest BCUT2D eigenvalue weighted by Crippen LogP contribution is 2.49. The van der Waals surface area contributed by atoms with Crippen LogP contribution >= 0.6 is 11.6 Å². The Labute approximate surface area is 198 Å². The summed E-state index contributed by atoms with van der Waals surface area (Å²) in [6, 6.07) is 13.0. The molecule has 1 saturated carbocycles. The molecular formula is C26H31ClF3NO2. The maximum Gasteiger partial charge on any atom is 0.416 e. The topological polar surface area (TPSA) is 21.7 Å². The second-order valence-electron chi connectivity index (χ2n) is 9.31. The molecule has 33 heavy (non-hydrogen) atoms. The van der Waals surface area contributed by atoms with E-state index in [0.29, 0.717) is 18.3 Å². The summed E-state index contributed by atoms with van der Waals surface area (Å²) in [5.74, 6) is 0.804. The summed E-state index contributed by atoms with van der Waals surface area (Å²) in [7, 11) is 1.79. The summed E-state index contributed by atoms with van der Waals surface area (Å²) in [6.45, 7) is 3.22. The fourth-order valence-electron chi connectivity index (χ4n) is 5.30. The van der Waals surface area contributed by atoms with Crippen LogP contribution in [0, 0.1) is 5.92 Å². The van der Waals surface area contributed by atoms with E-state index in [-0.39, 0.29) is 11.5 Å². The maximum absolute atomic E-state index is 12.8. The van der Waals surface area contributed by atoms with Gasteiger partial charge in [0, 0.05) is 36.6 Å². The van der Waals surface area contributed by atoms with Crippen molar-refractivity contribution in [2.45, 2.75) is 49.8 Å². The smallest absolute Gasteiger partial charge is 0.416 e. The lowest BCUT2D eigenvalue weighted by molar-refractivity contribution is -0.137. The van der Waals surface area contributed by atoms with Crippen molar-refractivity contribution in [1.82, 2.24) is 4.90 Å². The molecule has 0 aromatic heterocycles. The van der Waals surface area contributed by atoms with Crippen LogP contribution in [-0.2, 0) is 16.3 Å². The van der Waals surface area contributed by atoms with Crippen LogP contribution in [-0.4, -0.2) is 44.4 Å². The Hall–Kier alpha value is -1.76. The van der Waals surface area contributed by atoms with Crippen molar-refractivity contribution in [3.05, 3.63) is 64.7 Å². The molecule has 0 radical (unpaired) electrons. The molecule has 2 fully saturated rings. The van der Waals surface area contributed by atoms with Gasteiger partial charge in [-0.15, -0.1) is 0 Å². The minimum atomic E-state index is -4.33. The highest BCUT2D eigenvalue weighted by atomic mass is 35.5. The predicted octanol–water partition coefficient (Wildman–Crippen LogP) is 6.59. The molecule has 4 rings (SSSR count). The minimum absolute atomic E-state index is 0.0449. The average molecular weight is 482 g/mol. The van der Waals surface area contributed by atoms with Gasteiger partial charge in [0.05, 0.1) is 18.3 Å². The van der Waals surface area contributed by atoms with Crippen molar-refractivity contribution in [2.75, 3.05) is 33.4 Å². The predicted molar refractivity (Wildman–Crippen MR) is 124 cm³/mol. The third kappa shape index (κ3) is 5.50. The molecule has 1 heterocycles. The SMILES string of the molecule is COC(CN1CCC[C@@H](COc2ccc(C(F)(F)F)cc2)C1)C1(c2ccccc2Cl)CCC1. The average Bonchev–Trinajstić information content (AvgIpc) is 2.77. The standard InChI is InChI=1S/C26H31ClF3NO2/c1-32-24(25(13-5-14-25)22-7-2-3-8-23(22)27)17-31-15-4-6-19(16-31)18-33-21-11-9-20(10-12-21)26(28,29)30/h2-3,7-12,19,24H,4-6,13-18H2,1H3/t19-,24?/m1/s1. The normalized spacial score (nSPS) is 21.9. The van der Waals surface area contributed by atoms with Crippen molar-refractivity contribution in [1.29, 1.82) is 0 Å². The zero-order valence-electron chi connectivity index (χ0n) is 18.9. The van der Waals surface area contributed by atoms with Gasteiger partial charge in [-0.3, -0.25) is 0 Å². The molecule has 180 valence electrons. The van der Waals surface area contributed by atoms with E-state index in [2.05, 4.69) is 11.0 Å². The van der Waals surface area contributed by atoms with Crippen molar-refractivity contribution in [3.63, 3.8) is 0 Å². The van der Waals surface area contributed by atoms with Gasteiger partial charge >= 0.3 is 6.18 Å². The Morgan fingerprint density at radius 2 is 1.82 bits per heavy atom. The molecule has 0 bridgehead atoms. The summed E-state index contributed by atoms with van der Waals surface area (Å²) < 4.78 is 50.1. The summed E-state index contributed by atoms with van der Waals surface area (Å²) in [6.07, 6.45) is 1.16. The summed E-state index contributed by atoms with van der Waals surface area (Å²) in [4.78, 5) is 2.44. The van der Waals surface area contributed by atoms with E-state index in [1.807, 2.05) is 18.2 Å². The van der Waals surface area contributed by atoms with Crippen LogP contribution in [0.1, 0.15) is 43.2 Å². The first kappa shape index (κ1) is 24.4. The van der Waals surface area contributed by atoms with Crippen LogP contribution in [0.2, 0.25) is 5.02 Å². The molecule has 0 N–H and O–H groups in total. The molecule has 1 aliphatic carbocycles. The molecule has 1 unspecified atom stereocenters. The first-order chi connectivity index (χ1) is 15.8. The highest BCUT2D eigenvalue weighted by Gasteiger charge is 2.47. The molecule has 2 aromatic rings. The third-order valence-electron chi connectivity index (χ3n) is 7.25. The molecule has 2 aliphatic rings. The zero-order valence-corrected chi connectivity index (χ0v) is 19.7. The van der Waals surface area contributed by atoms with Crippen LogP contribution in [0.3, 0.4) is 0 Å². The van der Waals surface area contributed by atoms with E-state index in [0.717, 1.165) is 62.5 Å². The molecule has 3 nitrogen and oxygen atoms in total. The van der Waals surface area contributed by atoms with Crippen LogP contribution in [0.25, 0.3) is 0 Å². The fraction of sp³-hybridized carbons (Fsp3) is 0.538. The molecule has 1 aliphatic heterocycles. The zero-order chi connectivity index (χ0) is 23.5. The van der Waals surface area contributed by atoms with Crippen molar-refractivity contribution >= 4 is 11.6 Å². The Kier molecular flexibility index (Phi) is 7.56. The molecule has 0 spiro atoms. The second kappa shape index (κ2) is 10.2. The maximum atomic E-state index is 12.8. The van der Waals surface area contributed by atoms with E-state index in [1.54, 1.807) is 7.11 Å². The monoisotopic (exact) mass is 481 g/mol.